The van der Waals surface area contributed by atoms with Crippen molar-refractivity contribution >= 4 is 16.9 Å². The number of likely N-dealkylation sites (tertiary alicyclic amines) is 1. The van der Waals surface area contributed by atoms with Gasteiger partial charge in [-0.2, -0.15) is 13.2 Å². The molecule has 2 heterocycles. The molecule has 0 unspecified atom stereocenters. The number of hydrogen-bond donors (Lipinski definition) is 2. The second kappa shape index (κ2) is 8.53. The number of hydrogen-bond acceptors (Lipinski definition) is 3. The van der Waals surface area contributed by atoms with E-state index in [-0.39, 0.29) is 17.5 Å². The second-order valence-corrected chi connectivity index (χ2v) is 8.83. The van der Waals surface area contributed by atoms with Crippen LogP contribution in [0.15, 0.2) is 18.2 Å². The Kier molecular flexibility index (Phi) is 5.99. The molecular weight excluding hydrogens is 395 g/mol. The molecule has 2 atom stereocenters. The van der Waals surface area contributed by atoms with E-state index >= 15 is 0 Å². The first-order valence-electron chi connectivity index (χ1n) is 10.9. The first-order chi connectivity index (χ1) is 14.3. The summed E-state index contributed by atoms with van der Waals surface area (Å²) in [4.78, 5) is 13.7. The van der Waals surface area contributed by atoms with E-state index in [2.05, 4.69) is 22.6 Å². The highest BCUT2D eigenvalue weighted by Gasteiger charge is 2.32. The molecule has 0 radical (unpaired) electrons. The van der Waals surface area contributed by atoms with Crippen molar-refractivity contribution in [3.8, 4) is 0 Å². The lowest BCUT2D eigenvalue weighted by atomic mass is 9.86. The number of piperidine rings is 1. The van der Waals surface area contributed by atoms with E-state index in [1.807, 2.05) is 0 Å². The van der Waals surface area contributed by atoms with Gasteiger partial charge in [0.15, 0.2) is 6.54 Å². The monoisotopic (exact) mass is 424 g/mol. The van der Waals surface area contributed by atoms with Gasteiger partial charge >= 0.3 is 6.18 Å². The van der Waals surface area contributed by atoms with E-state index in [1.54, 1.807) is 4.68 Å². The van der Waals surface area contributed by atoms with E-state index in [0.717, 1.165) is 44.5 Å². The van der Waals surface area contributed by atoms with Crippen LogP contribution >= 0.6 is 0 Å². The maximum Gasteiger partial charge on any atom is 0.416 e. The molecule has 2 aromatic rings. The number of quaternary nitrogens is 1. The fourth-order valence-corrected chi connectivity index (χ4v) is 4.84. The van der Waals surface area contributed by atoms with Crippen molar-refractivity contribution in [3.63, 3.8) is 0 Å². The normalized spacial score (nSPS) is 27.9. The molecule has 0 bridgehead atoms. The van der Waals surface area contributed by atoms with Crippen LogP contribution < -0.4 is 10.2 Å². The lowest BCUT2D eigenvalue weighted by molar-refractivity contribution is -0.897. The number of aromatic nitrogens is 3. The molecular formula is C21H29F3N5O+. The summed E-state index contributed by atoms with van der Waals surface area (Å²) in [5.41, 5.74) is 0.181. The molecule has 1 saturated carbocycles. The molecule has 164 valence electrons. The lowest BCUT2D eigenvalue weighted by Crippen LogP contribution is -3.14. The number of nitrogens with one attached hydrogen (secondary N) is 2. The van der Waals surface area contributed by atoms with Crippen molar-refractivity contribution in [2.24, 2.45) is 5.92 Å². The number of nitrogens with zero attached hydrogens (tertiary/aromatic N) is 3. The molecule has 1 aliphatic carbocycles. The van der Waals surface area contributed by atoms with Crippen molar-refractivity contribution in [2.45, 2.75) is 63.7 Å². The van der Waals surface area contributed by atoms with Crippen LogP contribution in [-0.4, -0.2) is 46.6 Å². The fourth-order valence-electron chi connectivity index (χ4n) is 4.84. The maximum absolute atomic E-state index is 12.9. The average molecular weight is 424 g/mol. The minimum absolute atomic E-state index is 0.0944. The summed E-state index contributed by atoms with van der Waals surface area (Å²) in [7, 11) is 0. The topological polar surface area (TPSA) is 64.2 Å². The van der Waals surface area contributed by atoms with Gasteiger partial charge in [-0.3, -0.25) is 4.79 Å². The molecule has 4 rings (SSSR count). The molecule has 30 heavy (non-hydrogen) atoms. The molecule has 1 aromatic carbocycles. The second-order valence-electron chi connectivity index (χ2n) is 8.83. The summed E-state index contributed by atoms with van der Waals surface area (Å²) in [5, 5.41) is 11.3. The lowest BCUT2D eigenvalue weighted by Gasteiger charge is -2.32. The molecule has 1 aliphatic heterocycles. The van der Waals surface area contributed by atoms with Gasteiger partial charge in [0.25, 0.3) is 5.91 Å². The fraction of sp³-hybridized carbons (Fsp3) is 0.667. The highest BCUT2D eigenvalue weighted by atomic mass is 19.4. The van der Waals surface area contributed by atoms with Crippen LogP contribution in [-0.2, 0) is 11.0 Å². The van der Waals surface area contributed by atoms with Gasteiger partial charge in [0.1, 0.15) is 5.52 Å². The van der Waals surface area contributed by atoms with Crippen molar-refractivity contribution in [3.05, 3.63) is 23.8 Å². The number of amides is 1. The summed E-state index contributed by atoms with van der Waals surface area (Å²) in [6.07, 6.45) is 1.94. The molecule has 6 nitrogen and oxygen atoms in total. The Morgan fingerprint density at radius 3 is 2.63 bits per heavy atom. The molecule has 1 saturated heterocycles. The van der Waals surface area contributed by atoms with Gasteiger partial charge in [0.05, 0.1) is 30.2 Å². The van der Waals surface area contributed by atoms with Gasteiger partial charge in [0, 0.05) is 18.9 Å². The third kappa shape index (κ3) is 4.61. The van der Waals surface area contributed by atoms with E-state index in [1.165, 1.54) is 30.2 Å². The number of carbonyl (C=O) groups is 1. The molecule has 2 fully saturated rings. The minimum Gasteiger partial charge on any atom is -0.348 e. The molecule has 9 heteroatoms. The number of fused-ring (bicyclic) bond motifs is 1. The van der Waals surface area contributed by atoms with Crippen LogP contribution in [0.4, 0.5) is 13.2 Å². The van der Waals surface area contributed by atoms with Crippen LogP contribution in [0.5, 0.6) is 0 Å². The standard InChI is InChI=1S/C21H28F3N5O/c1-14-4-2-3-5-17(14)25-20(30)13-28-10-8-16(9-11-28)29-19-7-6-15(21(22,23)24)12-18(19)26-27-29/h6-7,12,14,16-17H,2-5,8-11,13H2,1H3,(H,25,30)/p+1/t14-,17+/m1/s1. The van der Waals surface area contributed by atoms with E-state index < -0.39 is 11.7 Å². The third-order valence-corrected chi connectivity index (χ3v) is 6.67. The molecule has 2 aliphatic rings. The zero-order valence-corrected chi connectivity index (χ0v) is 17.2. The Morgan fingerprint density at radius 1 is 1.20 bits per heavy atom. The van der Waals surface area contributed by atoms with Gasteiger partial charge in [-0.25, -0.2) is 4.68 Å². The van der Waals surface area contributed by atoms with Crippen molar-refractivity contribution < 1.29 is 22.9 Å². The summed E-state index contributed by atoms with van der Waals surface area (Å²) in [6.45, 7) is 4.35. The number of benzene rings is 1. The molecule has 0 spiro atoms. The highest BCUT2D eigenvalue weighted by Crippen LogP contribution is 2.31. The largest absolute Gasteiger partial charge is 0.416 e. The quantitative estimate of drug-likeness (QED) is 0.792. The Labute approximate surface area is 173 Å². The van der Waals surface area contributed by atoms with Crippen LogP contribution in [0.3, 0.4) is 0 Å². The van der Waals surface area contributed by atoms with Crippen molar-refractivity contribution in [2.75, 3.05) is 19.6 Å². The summed E-state index contributed by atoms with van der Waals surface area (Å²) in [6, 6.07) is 3.98. The van der Waals surface area contributed by atoms with E-state index in [4.69, 9.17) is 0 Å². The SMILES string of the molecule is C[C@@H]1CCCC[C@@H]1NC(=O)C[NH+]1CCC(n2nnc3cc(C(F)(F)F)ccc32)CC1. The highest BCUT2D eigenvalue weighted by molar-refractivity contribution is 5.77. The third-order valence-electron chi connectivity index (χ3n) is 6.67. The van der Waals surface area contributed by atoms with Crippen molar-refractivity contribution in [1.82, 2.24) is 20.3 Å². The first kappa shape index (κ1) is 21.1. The summed E-state index contributed by atoms with van der Waals surface area (Å²) in [5.74, 6) is 0.662. The molecule has 1 aromatic heterocycles. The maximum atomic E-state index is 12.9. The first-order valence-corrected chi connectivity index (χ1v) is 10.9. The van der Waals surface area contributed by atoms with Crippen LogP contribution in [0.25, 0.3) is 11.0 Å². The number of carbonyl (C=O) groups excluding carboxylic acids is 1. The van der Waals surface area contributed by atoms with Gasteiger partial charge in [-0.15, -0.1) is 5.10 Å². The Hall–Kier alpha value is -2.16. The Bertz CT molecular complexity index is 888. The van der Waals surface area contributed by atoms with Gasteiger partial charge < -0.3 is 10.2 Å². The minimum atomic E-state index is -4.39. The number of halogens is 3. The van der Waals surface area contributed by atoms with Crippen LogP contribution in [0.1, 0.15) is 57.1 Å². The van der Waals surface area contributed by atoms with Gasteiger partial charge in [-0.1, -0.05) is 25.0 Å². The van der Waals surface area contributed by atoms with Crippen LogP contribution in [0.2, 0.25) is 0 Å². The zero-order chi connectivity index (χ0) is 21.3. The Morgan fingerprint density at radius 2 is 1.93 bits per heavy atom. The summed E-state index contributed by atoms with van der Waals surface area (Å²) < 4.78 is 40.5. The number of alkyl halides is 3. The Balaban J connectivity index is 1.33. The van der Waals surface area contributed by atoms with Crippen molar-refractivity contribution in [1.29, 1.82) is 0 Å². The molecule has 1 amide bonds. The van der Waals surface area contributed by atoms with Crippen LogP contribution in [0, 0.1) is 5.92 Å². The predicted octanol–water partition coefficient (Wildman–Crippen LogP) is 2.36. The predicted molar refractivity (Wildman–Crippen MR) is 106 cm³/mol. The van der Waals surface area contributed by atoms with E-state index in [9.17, 15) is 18.0 Å². The number of rotatable bonds is 4. The average Bonchev–Trinajstić information content (AvgIpc) is 3.13. The molecule has 2 N–H and O–H groups in total. The smallest absolute Gasteiger partial charge is 0.348 e. The van der Waals surface area contributed by atoms with Gasteiger partial charge in [0.2, 0.25) is 0 Å². The zero-order valence-electron chi connectivity index (χ0n) is 17.2. The van der Waals surface area contributed by atoms with E-state index in [0.29, 0.717) is 24.0 Å². The van der Waals surface area contributed by atoms with Gasteiger partial charge in [-0.05, 0) is 37.0 Å². The summed E-state index contributed by atoms with van der Waals surface area (Å²) >= 11 is 0.